The van der Waals surface area contributed by atoms with Crippen LogP contribution < -0.4 is 10.6 Å². The van der Waals surface area contributed by atoms with Gasteiger partial charge in [0.2, 0.25) is 0 Å². The second kappa shape index (κ2) is 13.0. The Morgan fingerprint density at radius 3 is 1.76 bits per heavy atom. The van der Waals surface area contributed by atoms with Gasteiger partial charge in [0.05, 0.1) is 11.1 Å². The number of carbonyl (C=O) groups is 2. The standard InChI is InChI=1S/C25H33N3O6/c1-3-17(2)28(16-8-14-27-25(34)19-10-7-12-21(30)23(19)32)15-5-4-13-26-24(33)18-9-6-11-20(29)22(18)31/h6-7,9-12,29-32H,2-5,8,13-16H2,1H3,(H,26,33)(H,27,34). The molecule has 0 atom stereocenters. The third-order valence-corrected chi connectivity index (χ3v) is 5.40. The molecule has 2 aromatic carbocycles. The van der Waals surface area contributed by atoms with Crippen molar-refractivity contribution in [3.8, 4) is 23.0 Å². The zero-order chi connectivity index (χ0) is 25.1. The average Bonchev–Trinajstić information content (AvgIpc) is 2.82. The maximum Gasteiger partial charge on any atom is 0.255 e. The van der Waals surface area contributed by atoms with Crippen LogP contribution in [0, 0.1) is 0 Å². The SMILES string of the molecule is C=C(CC)N(CCCCNC(=O)c1cccc(O)c1O)CCCNC(=O)c1cccc(O)c1O. The molecule has 9 nitrogen and oxygen atoms in total. The van der Waals surface area contributed by atoms with Crippen LogP contribution in [0.4, 0.5) is 0 Å². The smallest absolute Gasteiger partial charge is 0.255 e. The van der Waals surface area contributed by atoms with Gasteiger partial charge in [0.25, 0.3) is 11.8 Å². The molecule has 0 aliphatic rings. The number of hydrogen-bond donors (Lipinski definition) is 6. The molecule has 0 saturated heterocycles. The molecule has 0 saturated carbocycles. The lowest BCUT2D eigenvalue weighted by atomic mass is 10.1. The molecule has 0 aliphatic carbocycles. The molecule has 0 bridgehead atoms. The summed E-state index contributed by atoms with van der Waals surface area (Å²) in [5.41, 5.74) is 1.03. The minimum absolute atomic E-state index is 0.0240. The summed E-state index contributed by atoms with van der Waals surface area (Å²) < 4.78 is 0. The Morgan fingerprint density at radius 2 is 1.26 bits per heavy atom. The van der Waals surface area contributed by atoms with Crippen LogP contribution in [0.1, 0.15) is 53.3 Å². The van der Waals surface area contributed by atoms with E-state index >= 15 is 0 Å². The number of hydrogen-bond acceptors (Lipinski definition) is 7. The van der Waals surface area contributed by atoms with Gasteiger partial charge >= 0.3 is 0 Å². The molecule has 0 heterocycles. The van der Waals surface area contributed by atoms with Crippen LogP contribution in [0.25, 0.3) is 0 Å². The number of nitrogens with one attached hydrogen (secondary N) is 2. The number of benzene rings is 2. The van der Waals surface area contributed by atoms with E-state index in [1.165, 1.54) is 36.4 Å². The fourth-order valence-electron chi connectivity index (χ4n) is 3.37. The topological polar surface area (TPSA) is 142 Å². The van der Waals surface area contributed by atoms with Crippen molar-refractivity contribution in [2.45, 2.75) is 32.6 Å². The highest BCUT2D eigenvalue weighted by Crippen LogP contribution is 2.28. The van der Waals surface area contributed by atoms with E-state index in [1.807, 2.05) is 6.92 Å². The molecule has 0 fully saturated rings. The fourth-order valence-corrected chi connectivity index (χ4v) is 3.37. The van der Waals surface area contributed by atoms with Crippen LogP contribution in [-0.4, -0.2) is 63.3 Å². The maximum absolute atomic E-state index is 12.2. The summed E-state index contributed by atoms with van der Waals surface area (Å²) in [6.07, 6.45) is 2.97. The van der Waals surface area contributed by atoms with E-state index in [9.17, 15) is 30.0 Å². The third kappa shape index (κ3) is 7.33. The summed E-state index contributed by atoms with van der Waals surface area (Å²) in [5, 5.41) is 44.1. The first-order valence-corrected chi connectivity index (χ1v) is 11.3. The third-order valence-electron chi connectivity index (χ3n) is 5.40. The van der Waals surface area contributed by atoms with Crippen LogP contribution in [-0.2, 0) is 0 Å². The molecule has 6 N–H and O–H groups in total. The largest absolute Gasteiger partial charge is 0.504 e. The zero-order valence-corrected chi connectivity index (χ0v) is 19.4. The molecular weight excluding hydrogens is 438 g/mol. The summed E-state index contributed by atoms with van der Waals surface area (Å²) in [5.74, 6) is -2.45. The lowest BCUT2D eigenvalue weighted by Gasteiger charge is -2.26. The van der Waals surface area contributed by atoms with Gasteiger partial charge in [0.15, 0.2) is 23.0 Å². The van der Waals surface area contributed by atoms with Crippen LogP contribution in [0.15, 0.2) is 48.7 Å². The van der Waals surface area contributed by atoms with Crippen LogP contribution in [0.3, 0.4) is 0 Å². The van der Waals surface area contributed by atoms with Gasteiger partial charge in [-0.2, -0.15) is 0 Å². The van der Waals surface area contributed by atoms with Crippen molar-refractivity contribution in [1.82, 2.24) is 15.5 Å². The predicted molar refractivity (Wildman–Crippen MR) is 129 cm³/mol. The first kappa shape index (κ1) is 26.4. The lowest BCUT2D eigenvalue weighted by Crippen LogP contribution is -2.30. The van der Waals surface area contributed by atoms with Gasteiger partial charge in [-0.1, -0.05) is 25.6 Å². The Labute approximate surface area is 199 Å². The number of unbranched alkanes of at least 4 members (excludes halogenated alkanes) is 1. The monoisotopic (exact) mass is 471 g/mol. The Balaban J connectivity index is 1.72. The summed E-state index contributed by atoms with van der Waals surface area (Å²) in [4.78, 5) is 26.5. The highest BCUT2D eigenvalue weighted by atomic mass is 16.3. The van der Waals surface area contributed by atoms with Gasteiger partial charge in [0, 0.05) is 31.9 Å². The number of amides is 2. The number of nitrogens with zero attached hydrogens (tertiary/aromatic N) is 1. The van der Waals surface area contributed by atoms with Crippen LogP contribution in [0.5, 0.6) is 23.0 Å². The highest BCUT2D eigenvalue weighted by Gasteiger charge is 2.15. The fraction of sp³-hybridized carbons (Fsp3) is 0.360. The van der Waals surface area contributed by atoms with Gasteiger partial charge in [-0.3, -0.25) is 9.59 Å². The number of phenolic OH excluding ortho intramolecular Hbond substituents is 4. The molecule has 2 rings (SSSR count). The first-order chi connectivity index (χ1) is 16.3. The Kier molecular flexibility index (Phi) is 10.1. The minimum atomic E-state index is -0.456. The average molecular weight is 472 g/mol. The van der Waals surface area contributed by atoms with Crippen molar-refractivity contribution in [3.63, 3.8) is 0 Å². The summed E-state index contributed by atoms with van der Waals surface area (Å²) in [6.45, 7) is 8.35. The van der Waals surface area contributed by atoms with Crippen LogP contribution in [0.2, 0.25) is 0 Å². The van der Waals surface area contributed by atoms with Crippen molar-refractivity contribution in [2.24, 2.45) is 0 Å². The molecule has 0 aliphatic heterocycles. The van der Waals surface area contributed by atoms with Gasteiger partial charge in [0.1, 0.15) is 0 Å². The number of rotatable bonds is 13. The summed E-state index contributed by atoms with van der Waals surface area (Å²) in [7, 11) is 0. The van der Waals surface area contributed by atoms with E-state index < -0.39 is 23.3 Å². The minimum Gasteiger partial charge on any atom is -0.504 e. The molecule has 0 spiro atoms. The molecule has 0 aromatic heterocycles. The van der Waals surface area contributed by atoms with Crippen molar-refractivity contribution < 1.29 is 30.0 Å². The quantitative estimate of drug-likeness (QED) is 0.195. The predicted octanol–water partition coefficient (Wildman–Crippen LogP) is 3.06. The van der Waals surface area contributed by atoms with E-state index in [2.05, 4.69) is 22.1 Å². The van der Waals surface area contributed by atoms with E-state index in [1.54, 1.807) is 0 Å². The molecule has 9 heteroatoms. The molecule has 0 unspecified atom stereocenters. The van der Waals surface area contributed by atoms with E-state index in [4.69, 9.17) is 0 Å². The van der Waals surface area contributed by atoms with Crippen LogP contribution >= 0.6 is 0 Å². The summed E-state index contributed by atoms with van der Waals surface area (Å²) in [6, 6.07) is 8.48. The number of allylic oxidation sites excluding steroid dienone is 1. The Morgan fingerprint density at radius 1 is 0.794 bits per heavy atom. The second-order valence-corrected chi connectivity index (χ2v) is 7.83. The number of para-hydroxylation sites is 2. The first-order valence-electron chi connectivity index (χ1n) is 11.3. The second-order valence-electron chi connectivity index (χ2n) is 7.83. The maximum atomic E-state index is 12.2. The van der Waals surface area contributed by atoms with Gasteiger partial charge in [-0.25, -0.2) is 0 Å². The number of phenols is 4. The van der Waals surface area contributed by atoms with E-state index in [0.29, 0.717) is 32.5 Å². The van der Waals surface area contributed by atoms with E-state index in [-0.39, 0.29) is 22.6 Å². The van der Waals surface area contributed by atoms with Gasteiger partial charge in [-0.05, 0) is 49.9 Å². The van der Waals surface area contributed by atoms with Crippen molar-refractivity contribution in [1.29, 1.82) is 0 Å². The van der Waals surface area contributed by atoms with Crippen molar-refractivity contribution in [3.05, 3.63) is 59.8 Å². The molecular formula is C25H33N3O6. The lowest BCUT2D eigenvalue weighted by molar-refractivity contribution is 0.0939. The molecule has 184 valence electrons. The number of carbonyl (C=O) groups excluding carboxylic acids is 2. The van der Waals surface area contributed by atoms with Crippen molar-refractivity contribution >= 4 is 11.8 Å². The van der Waals surface area contributed by atoms with Gasteiger partial charge in [-0.15, -0.1) is 0 Å². The Bertz CT molecular complexity index is 1010. The van der Waals surface area contributed by atoms with Crippen molar-refractivity contribution in [2.75, 3.05) is 26.2 Å². The molecule has 2 amide bonds. The zero-order valence-electron chi connectivity index (χ0n) is 19.4. The molecule has 2 aromatic rings. The Hall–Kier alpha value is -3.88. The summed E-state index contributed by atoms with van der Waals surface area (Å²) >= 11 is 0. The normalized spacial score (nSPS) is 10.5. The number of aromatic hydroxyl groups is 4. The molecule has 0 radical (unpaired) electrons. The van der Waals surface area contributed by atoms with Gasteiger partial charge < -0.3 is 36.0 Å². The van der Waals surface area contributed by atoms with E-state index in [0.717, 1.165) is 25.1 Å². The highest BCUT2D eigenvalue weighted by molar-refractivity contribution is 5.98. The molecule has 34 heavy (non-hydrogen) atoms.